The first kappa shape index (κ1) is 13.1. The molecule has 1 aliphatic heterocycles. The highest BCUT2D eigenvalue weighted by Crippen LogP contribution is 2.35. The molecule has 1 aliphatic carbocycles. The third-order valence-electron chi connectivity index (χ3n) is 3.13. The van der Waals surface area contributed by atoms with Crippen molar-refractivity contribution in [2.75, 3.05) is 0 Å². The summed E-state index contributed by atoms with van der Waals surface area (Å²) in [4.78, 5) is 16.5. The number of rotatable bonds is 3. The molecule has 19 heavy (non-hydrogen) atoms. The molecule has 1 fully saturated rings. The lowest BCUT2D eigenvalue weighted by Crippen LogP contribution is -2.33. The molecule has 0 bridgehead atoms. The molecule has 1 heterocycles. The number of hydrogen-bond acceptors (Lipinski definition) is 4. The Hall–Kier alpha value is -0.940. The molecule has 1 aromatic rings. The molecule has 100 valence electrons. The highest BCUT2D eigenvalue weighted by molar-refractivity contribution is 8.39. The maximum absolute atomic E-state index is 11.9. The topological polar surface area (TPSA) is 41.5 Å². The minimum absolute atomic E-state index is 0.0721. The molecule has 1 aromatic carbocycles. The Morgan fingerprint density at radius 2 is 2.26 bits per heavy atom. The van der Waals surface area contributed by atoms with Gasteiger partial charge < -0.3 is 5.32 Å². The zero-order chi connectivity index (χ0) is 13.2. The van der Waals surface area contributed by atoms with Gasteiger partial charge >= 0.3 is 0 Å². The molecule has 1 saturated carbocycles. The molecule has 3 nitrogen and oxygen atoms in total. The number of carbonyl (C=O) groups is 1. The summed E-state index contributed by atoms with van der Waals surface area (Å²) in [5, 5.41) is 2.97. The smallest absolute Gasteiger partial charge is 0.233 e. The van der Waals surface area contributed by atoms with E-state index in [4.69, 9.17) is 0 Å². The van der Waals surface area contributed by atoms with Crippen LogP contribution in [0.3, 0.4) is 0 Å². The lowest BCUT2D eigenvalue weighted by molar-refractivity contribution is -0.120. The van der Waals surface area contributed by atoms with Crippen molar-refractivity contribution in [2.45, 2.75) is 36.8 Å². The van der Waals surface area contributed by atoms with Crippen molar-refractivity contribution in [2.24, 2.45) is 4.99 Å². The van der Waals surface area contributed by atoms with Gasteiger partial charge in [0.1, 0.15) is 4.38 Å². The first-order valence-electron chi connectivity index (χ1n) is 6.49. The van der Waals surface area contributed by atoms with Crippen LogP contribution in [0.25, 0.3) is 0 Å². The molecule has 0 unspecified atom stereocenters. The Morgan fingerprint density at radius 3 is 3.05 bits per heavy atom. The zero-order valence-corrected chi connectivity index (χ0v) is 12.4. The third-order valence-corrected chi connectivity index (χ3v) is 5.42. The summed E-state index contributed by atoms with van der Waals surface area (Å²) >= 11 is 3.28. The minimum atomic E-state index is -0.0721. The van der Waals surface area contributed by atoms with Crippen molar-refractivity contribution in [1.82, 2.24) is 5.32 Å². The molecular formula is C14H16N2OS2. The van der Waals surface area contributed by atoms with Gasteiger partial charge in [-0.2, -0.15) is 0 Å². The summed E-state index contributed by atoms with van der Waals surface area (Å²) in [7, 11) is 0. The van der Waals surface area contributed by atoms with E-state index in [2.05, 4.69) is 16.4 Å². The van der Waals surface area contributed by atoms with E-state index in [-0.39, 0.29) is 11.2 Å². The van der Waals surface area contributed by atoms with E-state index in [1.807, 2.05) is 25.1 Å². The number of nitrogens with one attached hydrogen (secondary N) is 1. The van der Waals surface area contributed by atoms with Crippen molar-refractivity contribution in [3.05, 3.63) is 29.8 Å². The maximum Gasteiger partial charge on any atom is 0.233 e. The van der Waals surface area contributed by atoms with Gasteiger partial charge in [-0.05, 0) is 31.4 Å². The van der Waals surface area contributed by atoms with Crippen LogP contribution in [0.2, 0.25) is 0 Å². The molecule has 3 rings (SSSR count). The predicted molar refractivity (Wildman–Crippen MR) is 83.0 cm³/mol. The quantitative estimate of drug-likeness (QED) is 0.929. The SMILES string of the molecule is C[C@H](SC1=Nc2ccccc2CS1)C(=O)NC1CC1. The molecule has 0 aromatic heterocycles. The van der Waals surface area contributed by atoms with Crippen molar-refractivity contribution < 1.29 is 4.79 Å². The Balaban J connectivity index is 1.63. The Labute approximate surface area is 121 Å². The molecule has 0 saturated heterocycles. The van der Waals surface area contributed by atoms with E-state index in [9.17, 15) is 4.79 Å². The van der Waals surface area contributed by atoms with E-state index >= 15 is 0 Å². The van der Waals surface area contributed by atoms with Crippen molar-refractivity contribution >= 4 is 39.5 Å². The molecule has 1 atom stereocenters. The van der Waals surface area contributed by atoms with E-state index < -0.39 is 0 Å². The summed E-state index contributed by atoms with van der Waals surface area (Å²) in [6.45, 7) is 1.95. The van der Waals surface area contributed by atoms with Crippen LogP contribution < -0.4 is 5.32 Å². The van der Waals surface area contributed by atoms with Crippen LogP contribution in [0.4, 0.5) is 5.69 Å². The monoisotopic (exact) mass is 292 g/mol. The van der Waals surface area contributed by atoms with Gasteiger partial charge in [0, 0.05) is 11.8 Å². The second-order valence-corrected chi connectivity index (χ2v) is 7.39. The number of carbonyl (C=O) groups excluding carboxylic acids is 1. The normalized spacial score (nSPS) is 19.3. The van der Waals surface area contributed by atoms with E-state index in [1.165, 1.54) is 5.56 Å². The first-order valence-corrected chi connectivity index (χ1v) is 8.35. The molecule has 5 heteroatoms. The second kappa shape index (κ2) is 5.59. The number of hydrogen-bond donors (Lipinski definition) is 1. The number of fused-ring (bicyclic) bond motifs is 1. The van der Waals surface area contributed by atoms with Crippen LogP contribution in [0.5, 0.6) is 0 Å². The van der Waals surface area contributed by atoms with Crippen LogP contribution in [0.1, 0.15) is 25.3 Å². The molecule has 2 aliphatic rings. The van der Waals surface area contributed by atoms with Gasteiger partial charge in [0.2, 0.25) is 5.91 Å². The molecule has 0 radical (unpaired) electrons. The number of benzene rings is 1. The lowest BCUT2D eigenvalue weighted by Gasteiger charge is -2.17. The van der Waals surface area contributed by atoms with Crippen LogP contribution in [0, 0.1) is 0 Å². The number of amides is 1. The first-order chi connectivity index (χ1) is 9.22. The Kier molecular flexibility index (Phi) is 3.84. The van der Waals surface area contributed by atoms with Gasteiger partial charge in [0.25, 0.3) is 0 Å². The molecular weight excluding hydrogens is 276 g/mol. The molecule has 1 amide bonds. The summed E-state index contributed by atoms with van der Waals surface area (Å²) in [6, 6.07) is 8.61. The van der Waals surface area contributed by atoms with Crippen LogP contribution in [-0.2, 0) is 10.5 Å². The molecule has 0 spiro atoms. The van der Waals surface area contributed by atoms with Crippen LogP contribution in [0.15, 0.2) is 29.3 Å². The van der Waals surface area contributed by atoms with E-state index in [0.717, 1.165) is 28.7 Å². The fraction of sp³-hybridized carbons (Fsp3) is 0.429. The Morgan fingerprint density at radius 1 is 1.47 bits per heavy atom. The number of para-hydroxylation sites is 1. The van der Waals surface area contributed by atoms with Gasteiger partial charge in [-0.3, -0.25) is 4.79 Å². The maximum atomic E-state index is 11.9. The van der Waals surface area contributed by atoms with Gasteiger partial charge in [-0.15, -0.1) is 0 Å². The predicted octanol–water partition coefficient (Wildman–Crippen LogP) is 3.32. The van der Waals surface area contributed by atoms with Gasteiger partial charge in [-0.1, -0.05) is 41.7 Å². The summed E-state index contributed by atoms with van der Waals surface area (Å²) < 4.78 is 0.997. The fourth-order valence-corrected chi connectivity index (χ4v) is 4.02. The van der Waals surface area contributed by atoms with Gasteiger partial charge in [-0.25, -0.2) is 4.99 Å². The third kappa shape index (κ3) is 3.34. The standard InChI is InChI=1S/C14H16N2OS2/c1-9(13(17)15-11-6-7-11)19-14-16-12-5-3-2-4-10(12)8-18-14/h2-5,9,11H,6-8H2,1H3,(H,15,17)/t9-/m0/s1. The summed E-state index contributed by atoms with van der Waals surface area (Å²) in [6.07, 6.45) is 2.26. The van der Waals surface area contributed by atoms with Crippen LogP contribution >= 0.6 is 23.5 Å². The summed E-state index contributed by atoms with van der Waals surface area (Å²) in [5.41, 5.74) is 2.31. The fourth-order valence-electron chi connectivity index (χ4n) is 1.82. The van der Waals surface area contributed by atoms with Crippen LogP contribution in [-0.4, -0.2) is 21.6 Å². The van der Waals surface area contributed by atoms with E-state index in [1.54, 1.807) is 23.5 Å². The second-order valence-electron chi connectivity index (χ2n) is 4.84. The lowest BCUT2D eigenvalue weighted by atomic mass is 10.2. The van der Waals surface area contributed by atoms with Crippen molar-refractivity contribution in [1.29, 1.82) is 0 Å². The highest BCUT2D eigenvalue weighted by Gasteiger charge is 2.27. The van der Waals surface area contributed by atoms with Crippen molar-refractivity contribution in [3.8, 4) is 0 Å². The van der Waals surface area contributed by atoms with E-state index in [0.29, 0.717) is 6.04 Å². The van der Waals surface area contributed by atoms with Gasteiger partial charge in [0.15, 0.2) is 0 Å². The average molecular weight is 292 g/mol. The van der Waals surface area contributed by atoms with Gasteiger partial charge in [0.05, 0.1) is 10.9 Å². The minimum Gasteiger partial charge on any atom is -0.352 e. The average Bonchev–Trinajstić information content (AvgIpc) is 3.22. The summed E-state index contributed by atoms with van der Waals surface area (Å²) in [5.74, 6) is 1.08. The number of thioether (sulfide) groups is 2. The zero-order valence-electron chi connectivity index (χ0n) is 10.8. The highest BCUT2D eigenvalue weighted by atomic mass is 32.2. The number of aliphatic imine (C=N–C) groups is 1. The molecule has 1 N–H and O–H groups in total. The largest absolute Gasteiger partial charge is 0.352 e. The van der Waals surface area contributed by atoms with Crippen molar-refractivity contribution in [3.63, 3.8) is 0 Å². The Bertz CT molecular complexity index is 526. The number of nitrogens with zero attached hydrogens (tertiary/aromatic N) is 1.